The number of methoxy groups -OCH3 is 1. The van der Waals surface area contributed by atoms with Crippen LogP contribution in [0.25, 0.3) is 0 Å². The molecule has 0 bridgehead atoms. The van der Waals surface area contributed by atoms with Gasteiger partial charge in [0.25, 0.3) is 0 Å². The van der Waals surface area contributed by atoms with Gasteiger partial charge in [-0.2, -0.15) is 0 Å². The Morgan fingerprint density at radius 3 is 2.63 bits per heavy atom. The molecule has 0 amide bonds. The highest BCUT2D eigenvalue weighted by atomic mass is 127. The van der Waals surface area contributed by atoms with Gasteiger partial charge in [-0.25, -0.2) is 4.79 Å². The summed E-state index contributed by atoms with van der Waals surface area (Å²) in [5.41, 5.74) is 0.336. The van der Waals surface area contributed by atoms with Crippen molar-refractivity contribution in [2.45, 2.75) is 0 Å². The van der Waals surface area contributed by atoms with Crippen LogP contribution >= 0.6 is 22.6 Å². The molecular weight excluding hydrogens is 359 g/mol. The van der Waals surface area contributed by atoms with Crippen molar-refractivity contribution in [1.29, 1.82) is 0 Å². The number of para-hydroxylation sites is 1. The summed E-state index contributed by atoms with van der Waals surface area (Å²) in [6.45, 7) is 0. The predicted octanol–water partition coefficient (Wildman–Crippen LogP) is 3.58. The van der Waals surface area contributed by atoms with Gasteiger partial charge in [-0.1, -0.05) is 12.1 Å². The predicted molar refractivity (Wildman–Crippen MR) is 78.7 cm³/mol. The van der Waals surface area contributed by atoms with Gasteiger partial charge in [0.2, 0.25) is 0 Å². The molecule has 2 aromatic carbocycles. The van der Waals surface area contributed by atoms with Crippen LogP contribution in [0.5, 0.6) is 17.2 Å². The molecule has 0 fully saturated rings. The SMILES string of the molecule is COC(=O)c1ccccc1Oc1cc(O)cc(I)c1. The molecule has 0 aliphatic carbocycles. The fraction of sp³-hybridized carbons (Fsp3) is 0.0714. The zero-order chi connectivity index (χ0) is 13.8. The Morgan fingerprint density at radius 1 is 1.21 bits per heavy atom. The lowest BCUT2D eigenvalue weighted by molar-refractivity contribution is 0.0598. The van der Waals surface area contributed by atoms with Crippen LogP contribution in [0, 0.1) is 3.57 Å². The van der Waals surface area contributed by atoms with Gasteiger partial charge in [0.05, 0.1) is 7.11 Å². The maximum atomic E-state index is 11.6. The summed E-state index contributed by atoms with van der Waals surface area (Å²) in [4.78, 5) is 11.6. The van der Waals surface area contributed by atoms with Crippen molar-refractivity contribution in [3.05, 3.63) is 51.6 Å². The molecule has 0 aliphatic heterocycles. The molecule has 19 heavy (non-hydrogen) atoms. The van der Waals surface area contributed by atoms with Crippen molar-refractivity contribution in [1.82, 2.24) is 0 Å². The number of halogens is 1. The number of phenols is 1. The van der Waals surface area contributed by atoms with Gasteiger partial charge in [-0.15, -0.1) is 0 Å². The van der Waals surface area contributed by atoms with Crippen LogP contribution in [0.4, 0.5) is 0 Å². The molecule has 0 saturated heterocycles. The first kappa shape index (κ1) is 13.7. The van der Waals surface area contributed by atoms with E-state index in [0.717, 1.165) is 3.57 Å². The van der Waals surface area contributed by atoms with Crippen molar-refractivity contribution in [2.75, 3.05) is 7.11 Å². The summed E-state index contributed by atoms with van der Waals surface area (Å²) in [6.07, 6.45) is 0. The highest BCUT2D eigenvalue weighted by molar-refractivity contribution is 14.1. The van der Waals surface area contributed by atoms with Crippen molar-refractivity contribution in [3.8, 4) is 17.2 Å². The van der Waals surface area contributed by atoms with Gasteiger partial charge in [0, 0.05) is 9.64 Å². The van der Waals surface area contributed by atoms with Crippen molar-refractivity contribution in [3.63, 3.8) is 0 Å². The van der Waals surface area contributed by atoms with Gasteiger partial charge in [-0.05, 0) is 46.9 Å². The number of esters is 1. The van der Waals surface area contributed by atoms with Crippen molar-refractivity contribution in [2.24, 2.45) is 0 Å². The van der Waals surface area contributed by atoms with E-state index in [1.54, 1.807) is 36.4 Å². The van der Waals surface area contributed by atoms with E-state index in [-0.39, 0.29) is 5.75 Å². The van der Waals surface area contributed by atoms with Gasteiger partial charge >= 0.3 is 5.97 Å². The van der Waals surface area contributed by atoms with Crippen LogP contribution in [0.2, 0.25) is 0 Å². The van der Waals surface area contributed by atoms with E-state index < -0.39 is 5.97 Å². The number of aromatic hydroxyl groups is 1. The van der Waals surface area contributed by atoms with E-state index in [1.165, 1.54) is 13.2 Å². The Balaban J connectivity index is 2.35. The van der Waals surface area contributed by atoms with Crippen LogP contribution in [0.15, 0.2) is 42.5 Å². The molecule has 0 radical (unpaired) electrons. The lowest BCUT2D eigenvalue weighted by Crippen LogP contribution is -2.03. The van der Waals surface area contributed by atoms with Crippen molar-refractivity contribution < 1.29 is 19.4 Å². The highest BCUT2D eigenvalue weighted by Crippen LogP contribution is 2.29. The Kier molecular flexibility index (Phi) is 4.26. The first-order valence-corrected chi connectivity index (χ1v) is 6.53. The minimum absolute atomic E-state index is 0.109. The maximum absolute atomic E-state index is 11.6. The number of hydrogen-bond donors (Lipinski definition) is 1. The molecule has 0 unspecified atom stereocenters. The third-order valence-electron chi connectivity index (χ3n) is 2.38. The Morgan fingerprint density at radius 2 is 1.95 bits per heavy atom. The average Bonchev–Trinajstić information content (AvgIpc) is 2.37. The molecule has 1 N–H and O–H groups in total. The molecule has 98 valence electrons. The fourth-order valence-corrected chi connectivity index (χ4v) is 2.19. The lowest BCUT2D eigenvalue weighted by Gasteiger charge is -2.10. The summed E-state index contributed by atoms with van der Waals surface area (Å²) >= 11 is 2.07. The standard InChI is InChI=1S/C14H11IO4/c1-18-14(17)12-4-2-3-5-13(12)19-11-7-9(15)6-10(16)8-11/h2-8,16H,1H3. The maximum Gasteiger partial charge on any atom is 0.341 e. The molecule has 0 aliphatic rings. The van der Waals surface area contributed by atoms with Crippen LogP contribution in [0.1, 0.15) is 10.4 Å². The minimum atomic E-state index is -0.467. The second-order valence-electron chi connectivity index (χ2n) is 3.73. The monoisotopic (exact) mass is 370 g/mol. The van der Waals surface area contributed by atoms with Crippen molar-refractivity contribution >= 4 is 28.6 Å². The fourth-order valence-electron chi connectivity index (χ4n) is 1.57. The first-order valence-electron chi connectivity index (χ1n) is 5.45. The zero-order valence-corrected chi connectivity index (χ0v) is 12.2. The summed E-state index contributed by atoms with van der Waals surface area (Å²) in [7, 11) is 1.32. The largest absolute Gasteiger partial charge is 0.508 e. The van der Waals surface area contributed by atoms with E-state index in [1.807, 2.05) is 0 Å². The van der Waals surface area contributed by atoms with Gasteiger partial charge in [0.15, 0.2) is 0 Å². The molecule has 4 nitrogen and oxygen atoms in total. The average molecular weight is 370 g/mol. The second kappa shape index (κ2) is 5.92. The van der Waals surface area contributed by atoms with E-state index in [4.69, 9.17) is 9.47 Å². The smallest absolute Gasteiger partial charge is 0.341 e. The highest BCUT2D eigenvalue weighted by Gasteiger charge is 2.13. The number of carbonyl (C=O) groups excluding carboxylic acids is 1. The summed E-state index contributed by atoms with van der Waals surface area (Å²) in [5.74, 6) is 0.486. The number of ether oxygens (including phenoxy) is 2. The zero-order valence-electron chi connectivity index (χ0n) is 10.1. The Hall–Kier alpha value is -1.76. The molecule has 2 aromatic rings. The number of hydrogen-bond acceptors (Lipinski definition) is 4. The molecule has 0 aromatic heterocycles. The minimum Gasteiger partial charge on any atom is -0.508 e. The van der Waals surface area contributed by atoms with E-state index in [0.29, 0.717) is 17.1 Å². The number of carbonyl (C=O) groups is 1. The molecule has 0 heterocycles. The quantitative estimate of drug-likeness (QED) is 0.663. The topological polar surface area (TPSA) is 55.8 Å². The van der Waals surface area contributed by atoms with Gasteiger partial charge < -0.3 is 14.6 Å². The normalized spacial score (nSPS) is 10.0. The molecule has 2 rings (SSSR count). The summed E-state index contributed by atoms with van der Waals surface area (Å²) in [5, 5.41) is 9.52. The number of rotatable bonds is 3. The second-order valence-corrected chi connectivity index (χ2v) is 4.98. The van der Waals surface area contributed by atoms with E-state index >= 15 is 0 Å². The number of benzene rings is 2. The van der Waals surface area contributed by atoms with E-state index in [9.17, 15) is 9.90 Å². The number of phenolic OH excluding ortho intramolecular Hbond substituents is 1. The van der Waals surface area contributed by atoms with E-state index in [2.05, 4.69) is 22.6 Å². The first-order chi connectivity index (χ1) is 9.10. The molecule has 0 atom stereocenters. The summed E-state index contributed by atoms with van der Waals surface area (Å²) in [6, 6.07) is 11.6. The molecule has 0 saturated carbocycles. The van der Waals surface area contributed by atoms with Crippen LogP contribution in [-0.2, 0) is 4.74 Å². The molecule has 0 spiro atoms. The Labute approximate surface area is 124 Å². The third kappa shape index (κ3) is 3.37. The van der Waals surface area contributed by atoms with Crippen LogP contribution in [0.3, 0.4) is 0 Å². The van der Waals surface area contributed by atoms with Crippen LogP contribution < -0.4 is 4.74 Å². The molecule has 5 heteroatoms. The summed E-state index contributed by atoms with van der Waals surface area (Å²) < 4.78 is 11.2. The molecular formula is C14H11IO4. The lowest BCUT2D eigenvalue weighted by atomic mass is 10.2. The van der Waals surface area contributed by atoms with Crippen LogP contribution in [-0.4, -0.2) is 18.2 Å². The Bertz CT molecular complexity index is 590. The van der Waals surface area contributed by atoms with Gasteiger partial charge in [-0.3, -0.25) is 0 Å². The third-order valence-corrected chi connectivity index (χ3v) is 3.00. The van der Waals surface area contributed by atoms with Gasteiger partial charge in [0.1, 0.15) is 22.8 Å².